The van der Waals surface area contributed by atoms with Crippen molar-refractivity contribution >= 4 is 15.9 Å². The molecule has 0 unspecified atom stereocenters. The van der Waals surface area contributed by atoms with Gasteiger partial charge in [-0.05, 0) is 48.0 Å². The second kappa shape index (κ2) is 5.31. The van der Waals surface area contributed by atoms with Crippen LogP contribution < -0.4 is 4.74 Å². The normalized spacial score (nSPS) is 10.5. The minimum Gasteiger partial charge on any atom is -0.486 e. The van der Waals surface area contributed by atoms with E-state index in [-0.39, 0.29) is 0 Å². The van der Waals surface area contributed by atoms with E-state index >= 15 is 0 Å². The standard InChI is InChI=1S/C12H14BrN3O/c1-3-16-10(6-9(2)15-16)8-17-11-4-5-12(13)14-7-11/h4-7H,3,8H2,1-2H3. The fraction of sp³-hybridized carbons (Fsp3) is 0.333. The Morgan fingerprint density at radius 3 is 2.88 bits per heavy atom. The van der Waals surface area contributed by atoms with Gasteiger partial charge in [-0.2, -0.15) is 5.10 Å². The smallest absolute Gasteiger partial charge is 0.138 e. The molecular weight excluding hydrogens is 282 g/mol. The van der Waals surface area contributed by atoms with Gasteiger partial charge < -0.3 is 4.74 Å². The van der Waals surface area contributed by atoms with Crippen LogP contribution in [0.3, 0.4) is 0 Å². The number of hydrogen-bond donors (Lipinski definition) is 0. The van der Waals surface area contributed by atoms with Crippen molar-refractivity contribution in [2.24, 2.45) is 0 Å². The van der Waals surface area contributed by atoms with Crippen LogP contribution >= 0.6 is 15.9 Å². The van der Waals surface area contributed by atoms with E-state index in [1.807, 2.05) is 29.8 Å². The summed E-state index contributed by atoms with van der Waals surface area (Å²) in [7, 11) is 0. The van der Waals surface area contributed by atoms with Crippen LogP contribution in [0.4, 0.5) is 0 Å². The number of rotatable bonds is 4. The first-order chi connectivity index (χ1) is 8.19. The zero-order valence-electron chi connectivity index (χ0n) is 9.85. The monoisotopic (exact) mass is 295 g/mol. The van der Waals surface area contributed by atoms with Gasteiger partial charge in [0.05, 0.1) is 17.6 Å². The van der Waals surface area contributed by atoms with Crippen molar-refractivity contribution < 1.29 is 4.74 Å². The molecule has 0 saturated carbocycles. The summed E-state index contributed by atoms with van der Waals surface area (Å²) in [5.41, 5.74) is 2.09. The van der Waals surface area contributed by atoms with Crippen LogP contribution in [0.5, 0.6) is 5.75 Å². The average molecular weight is 296 g/mol. The number of ether oxygens (including phenoxy) is 1. The fourth-order valence-electron chi connectivity index (χ4n) is 1.59. The predicted octanol–water partition coefficient (Wildman–Crippen LogP) is 2.95. The first-order valence-electron chi connectivity index (χ1n) is 5.46. The van der Waals surface area contributed by atoms with Gasteiger partial charge in [0.25, 0.3) is 0 Å². The zero-order valence-corrected chi connectivity index (χ0v) is 11.4. The quantitative estimate of drug-likeness (QED) is 0.814. The number of pyridine rings is 1. The highest BCUT2D eigenvalue weighted by Gasteiger charge is 2.04. The summed E-state index contributed by atoms with van der Waals surface area (Å²) in [5.74, 6) is 0.759. The number of halogens is 1. The minimum absolute atomic E-state index is 0.512. The van der Waals surface area contributed by atoms with Crippen molar-refractivity contribution in [3.63, 3.8) is 0 Å². The molecule has 2 rings (SSSR count). The molecule has 0 bridgehead atoms. The Morgan fingerprint density at radius 1 is 1.41 bits per heavy atom. The maximum Gasteiger partial charge on any atom is 0.138 e. The second-order valence-electron chi connectivity index (χ2n) is 3.70. The Morgan fingerprint density at radius 2 is 2.24 bits per heavy atom. The molecule has 4 nitrogen and oxygen atoms in total. The van der Waals surface area contributed by atoms with Gasteiger partial charge in [0.1, 0.15) is 17.0 Å². The first kappa shape index (κ1) is 12.1. The number of aromatic nitrogens is 3. The summed E-state index contributed by atoms with van der Waals surface area (Å²) < 4.78 is 8.41. The minimum atomic E-state index is 0.512. The van der Waals surface area contributed by atoms with Gasteiger partial charge in [0.15, 0.2) is 0 Å². The van der Waals surface area contributed by atoms with Crippen molar-refractivity contribution in [1.82, 2.24) is 14.8 Å². The largest absolute Gasteiger partial charge is 0.486 e. The molecule has 0 aliphatic heterocycles. The molecule has 2 heterocycles. The van der Waals surface area contributed by atoms with Crippen molar-refractivity contribution in [2.45, 2.75) is 27.0 Å². The maximum absolute atomic E-state index is 5.66. The van der Waals surface area contributed by atoms with Gasteiger partial charge >= 0.3 is 0 Å². The summed E-state index contributed by atoms with van der Waals surface area (Å²) in [5, 5.41) is 4.37. The third kappa shape index (κ3) is 3.06. The highest BCUT2D eigenvalue weighted by Crippen LogP contribution is 2.14. The molecule has 2 aromatic heterocycles. The average Bonchev–Trinajstić information content (AvgIpc) is 2.69. The van der Waals surface area contributed by atoms with E-state index in [4.69, 9.17) is 4.74 Å². The Labute approximate surface area is 109 Å². The lowest BCUT2D eigenvalue weighted by Crippen LogP contribution is -2.06. The molecule has 0 aromatic carbocycles. The molecule has 0 spiro atoms. The fourth-order valence-corrected chi connectivity index (χ4v) is 1.83. The molecule has 17 heavy (non-hydrogen) atoms. The van der Waals surface area contributed by atoms with Gasteiger partial charge in [0.2, 0.25) is 0 Å². The molecule has 0 aliphatic rings. The molecule has 0 aliphatic carbocycles. The number of hydrogen-bond acceptors (Lipinski definition) is 3. The van der Waals surface area contributed by atoms with Gasteiger partial charge in [-0.3, -0.25) is 4.68 Å². The maximum atomic E-state index is 5.66. The van der Waals surface area contributed by atoms with E-state index in [2.05, 4.69) is 32.9 Å². The summed E-state index contributed by atoms with van der Waals surface area (Å²) >= 11 is 3.29. The van der Waals surface area contributed by atoms with E-state index in [9.17, 15) is 0 Å². The third-order valence-corrected chi connectivity index (χ3v) is 2.84. The van der Waals surface area contributed by atoms with Crippen LogP contribution in [-0.4, -0.2) is 14.8 Å². The summed E-state index contributed by atoms with van der Waals surface area (Å²) in [4.78, 5) is 4.11. The lowest BCUT2D eigenvalue weighted by atomic mass is 10.4. The Balaban J connectivity index is 2.04. The van der Waals surface area contributed by atoms with Gasteiger partial charge in [-0.15, -0.1) is 0 Å². The molecule has 0 radical (unpaired) electrons. The first-order valence-corrected chi connectivity index (χ1v) is 6.26. The molecule has 0 N–H and O–H groups in total. The summed E-state index contributed by atoms with van der Waals surface area (Å²) in [6, 6.07) is 5.78. The molecule has 90 valence electrons. The molecule has 0 atom stereocenters. The van der Waals surface area contributed by atoms with E-state index in [0.717, 1.165) is 28.3 Å². The van der Waals surface area contributed by atoms with E-state index in [1.165, 1.54) is 0 Å². The lowest BCUT2D eigenvalue weighted by molar-refractivity contribution is 0.291. The van der Waals surface area contributed by atoms with Crippen molar-refractivity contribution in [1.29, 1.82) is 0 Å². The Hall–Kier alpha value is -1.36. The van der Waals surface area contributed by atoms with Crippen LogP contribution in [0.1, 0.15) is 18.3 Å². The molecule has 0 fully saturated rings. The van der Waals surface area contributed by atoms with Crippen LogP contribution in [0.15, 0.2) is 29.0 Å². The third-order valence-electron chi connectivity index (χ3n) is 2.37. The van der Waals surface area contributed by atoms with E-state index < -0.39 is 0 Å². The Kier molecular flexibility index (Phi) is 3.78. The highest BCUT2D eigenvalue weighted by atomic mass is 79.9. The second-order valence-corrected chi connectivity index (χ2v) is 4.51. The van der Waals surface area contributed by atoms with Crippen LogP contribution in [0, 0.1) is 6.92 Å². The van der Waals surface area contributed by atoms with Crippen molar-refractivity contribution in [3.05, 3.63) is 40.4 Å². The van der Waals surface area contributed by atoms with Gasteiger partial charge in [-0.1, -0.05) is 0 Å². The molecular formula is C12H14BrN3O. The van der Waals surface area contributed by atoms with Crippen LogP contribution in [0.2, 0.25) is 0 Å². The number of aryl methyl sites for hydroxylation is 2. The number of nitrogens with zero attached hydrogens (tertiary/aromatic N) is 3. The van der Waals surface area contributed by atoms with Crippen molar-refractivity contribution in [3.8, 4) is 5.75 Å². The summed E-state index contributed by atoms with van der Waals surface area (Å²) in [6.07, 6.45) is 1.70. The molecule has 0 amide bonds. The van der Waals surface area contributed by atoms with E-state index in [1.54, 1.807) is 6.20 Å². The SMILES string of the molecule is CCn1nc(C)cc1COc1ccc(Br)nc1. The van der Waals surface area contributed by atoms with Gasteiger partial charge in [-0.25, -0.2) is 4.98 Å². The van der Waals surface area contributed by atoms with Gasteiger partial charge in [0, 0.05) is 6.54 Å². The molecule has 2 aromatic rings. The molecule has 5 heteroatoms. The summed E-state index contributed by atoms with van der Waals surface area (Å²) in [6.45, 7) is 5.41. The topological polar surface area (TPSA) is 39.9 Å². The van der Waals surface area contributed by atoms with Crippen LogP contribution in [-0.2, 0) is 13.2 Å². The van der Waals surface area contributed by atoms with Crippen molar-refractivity contribution in [2.75, 3.05) is 0 Å². The zero-order chi connectivity index (χ0) is 12.3. The highest BCUT2D eigenvalue weighted by molar-refractivity contribution is 9.10. The molecule has 0 saturated heterocycles. The predicted molar refractivity (Wildman–Crippen MR) is 68.9 cm³/mol. The van der Waals surface area contributed by atoms with E-state index in [0.29, 0.717) is 6.61 Å². The Bertz CT molecular complexity index is 493. The van der Waals surface area contributed by atoms with Crippen LogP contribution in [0.25, 0.3) is 0 Å². The lowest BCUT2D eigenvalue weighted by Gasteiger charge is -2.07.